The number of carbonyl (C=O) groups excluding carboxylic acids is 1. The minimum atomic E-state index is -3.65. The number of carbonyl (C=O) groups is 1. The molecule has 0 bridgehead atoms. The first-order valence-corrected chi connectivity index (χ1v) is 10.3. The van der Waals surface area contributed by atoms with E-state index in [2.05, 4.69) is 4.90 Å². The Kier molecular flexibility index (Phi) is 5.05. The Labute approximate surface area is 141 Å². The van der Waals surface area contributed by atoms with Crippen LogP contribution in [0.15, 0.2) is 16.3 Å². The molecule has 0 spiro atoms. The molecule has 2 heterocycles. The van der Waals surface area contributed by atoms with E-state index < -0.39 is 16.0 Å². The number of ether oxygens (including phenoxy) is 1. The second-order valence-electron chi connectivity index (χ2n) is 5.98. The summed E-state index contributed by atoms with van der Waals surface area (Å²) in [5, 5.41) is 1.62. The number of nitrogens with zero attached hydrogens (tertiary/aromatic N) is 2. The maximum absolute atomic E-state index is 12.9. The Morgan fingerprint density at radius 1 is 1.22 bits per heavy atom. The molecule has 0 amide bonds. The van der Waals surface area contributed by atoms with Crippen molar-refractivity contribution in [3.8, 4) is 0 Å². The van der Waals surface area contributed by atoms with Crippen molar-refractivity contribution >= 4 is 27.3 Å². The molecule has 0 N–H and O–H groups in total. The van der Waals surface area contributed by atoms with E-state index in [9.17, 15) is 13.2 Å². The zero-order chi connectivity index (χ0) is 16.4. The van der Waals surface area contributed by atoms with Crippen molar-refractivity contribution < 1.29 is 17.9 Å². The lowest BCUT2D eigenvalue weighted by Gasteiger charge is -2.36. The molecule has 1 aromatic rings. The highest BCUT2D eigenvalue weighted by Crippen LogP contribution is 2.29. The molecule has 2 fully saturated rings. The summed E-state index contributed by atoms with van der Waals surface area (Å²) >= 11 is 1.11. The smallest absolute Gasteiger partial charge is 0.349 e. The van der Waals surface area contributed by atoms with Gasteiger partial charge in [-0.3, -0.25) is 4.90 Å². The van der Waals surface area contributed by atoms with Crippen LogP contribution >= 0.6 is 11.3 Å². The molecule has 3 rings (SSSR count). The Morgan fingerprint density at radius 3 is 2.65 bits per heavy atom. The van der Waals surface area contributed by atoms with Gasteiger partial charge in [0.15, 0.2) is 0 Å². The van der Waals surface area contributed by atoms with E-state index in [1.165, 1.54) is 36.7 Å². The minimum Gasteiger partial charge on any atom is -0.465 e. The van der Waals surface area contributed by atoms with E-state index >= 15 is 0 Å². The van der Waals surface area contributed by atoms with Crippen LogP contribution in [0.5, 0.6) is 0 Å². The first-order valence-electron chi connectivity index (χ1n) is 7.94. The highest BCUT2D eigenvalue weighted by atomic mass is 32.2. The van der Waals surface area contributed by atoms with E-state index in [1.807, 2.05) is 0 Å². The van der Waals surface area contributed by atoms with Gasteiger partial charge in [0.1, 0.15) is 9.77 Å². The molecule has 1 aliphatic heterocycles. The number of hydrogen-bond donors (Lipinski definition) is 0. The molecule has 1 saturated heterocycles. The fourth-order valence-corrected chi connectivity index (χ4v) is 5.93. The van der Waals surface area contributed by atoms with E-state index in [-0.39, 0.29) is 9.77 Å². The second-order valence-corrected chi connectivity index (χ2v) is 8.81. The van der Waals surface area contributed by atoms with Gasteiger partial charge in [-0.05, 0) is 37.3 Å². The number of sulfonamides is 1. The van der Waals surface area contributed by atoms with E-state index in [0.717, 1.165) is 30.8 Å². The topological polar surface area (TPSA) is 66.9 Å². The van der Waals surface area contributed by atoms with Crippen LogP contribution in [-0.2, 0) is 14.8 Å². The number of methoxy groups -OCH3 is 1. The van der Waals surface area contributed by atoms with Crippen LogP contribution in [0, 0.1) is 0 Å². The van der Waals surface area contributed by atoms with Crippen molar-refractivity contribution in [2.45, 2.75) is 36.6 Å². The zero-order valence-corrected chi connectivity index (χ0v) is 14.9. The highest BCUT2D eigenvalue weighted by Gasteiger charge is 2.33. The fourth-order valence-electron chi connectivity index (χ4n) is 3.15. The van der Waals surface area contributed by atoms with Gasteiger partial charge in [0.25, 0.3) is 0 Å². The number of esters is 1. The van der Waals surface area contributed by atoms with Crippen molar-refractivity contribution in [1.82, 2.24) is 9.21 Å². The maximum Gasteiger partial charge on any atom is 0.349 e. The summed E-state index contributed by atoms with van der Waals surface area (Å²) in [4.78, 5) is 14.4. The molecule has 0 radical (unpaired) electrons. The van der Waals surface area contributed by atoms with Crippen LogP contribution < -0.4 is 0 Å². The standard InChI is InChI=1S/C15H22N2O4S2/c1-21-15(18)14-13(6-11-22-14)23(19,20)17-8-3-7-16(9-10-17)12-4-2-5-12/h6,11-12H,2-5,7-10H2,1H3. The van der Waals surface area contributed by atoms with Gasteiger partial charge in [-0.1, -0.05) is 6.42 Å². The Hall–Kier alpha value is -0.960. The lowest BCUT2D eigenvalue weighted by Crippen LogP contribution is -2.42. The van der Waals surface area contributed by atoms with E-state index in [0.29, 0.717) is 19.1 Å². The van der Waals surface area contributed by atoms with Crippen LogP contribution in [-0.4, -0.2) is 62.9 Å². The summed E-state index contributed by atoms with van der Waals surface area (Å²) in [6, 6.07) is 2.13. The predicted octanol–water partition coefficient (Wildman–Crippen LogP) is 1.78. The average molecular weight is 358 g/mol. The number of thiophene rings is 1. The molecule has 6 nitrogen and oxygen atoms in total. The van der Waals surface area contributed by atoms with Crippen LogP contribution in [0.3, 0.4) is 0 Å². The maximum atomic E-state index is 12.9. The molecule has 8 heteroatoms. The SMILES string of the molecule is COC(=O)c1sccc1S(=O)(=O)N1CCCN(C2CCC2)CC1. The summed E-state index contributed by atoms with van der Waals surface area (Å²) < 4.78 is 32.0. The Bertz CT molecular complexity index is 667. The quantitative estimate of drug-likeness (QED) is 0.768. The average Bonchev–Trinajstić information content (AvgIpc) is 2.86. The molecule has 1 saturated carbocycles. The van der Waals surface area contributed by atoms with Gasteiger partial charge in [-0.25, -0.2) is 13.2 Å². The predicted molar refractivity (Wildman–Crippen MR) is 88.2 cm³/mol. The molecule has 1 aliphatic carbocycles. The molecule has 128 valence electrons. The lowest BCUT2D eigenvalue weighted by atomic mass is 9.91. The molecular formula is C15H22N2O4S2. The second kappa shape index (κ2) is 6.88. The minimum absolute atomic E-state index is 0.0754. The first-order chi connectivity index (χ1) is 11.0. The van der Waals surface area contributed by atoms with Gasteiger partial charge in [-0.2, -0.15) is 4.31 Å². The number of hydrogen-bond acceptors (Lipinski definition) is 6. The monoisotopic (exact) mass is 358 g/mol. The molecule has 2 aliphatic rings. The van der Waals surface area contributed by atoms with Crippen LogP contribution in [0.25, 0.3) is 0 Å². The Morgan fingerprint density at radius 2 is 2.00 bits per heavy atom. The summed E-state index contributed by atoms with van der Waals surface area (Å²) in [6.45, 7) is 2.70. The van der Waals surface area contributed by atoms with Crippen molar-refractivity contribution in [3.63, 3.8) is 0 Å². The van der Waals surface area contributed by atoms with Crippen LogP contribution in [0.1, 0.15) is 35.4 Å². The van der Waals surface area contributed by atoms with Crippen LogP contribution in [0.2, 0.25) is 0 Å². The molecule has 0 aromatic carbocycles. The molecule has 0 unspecified atom stereocenters. The number of rotatable bonds is 4. The largest absolute Gasteiger partial charge is 0.465 e. The van der Waals surface area contributed by atoms with Crippen molar-refractivity contribution in [2.75, 3.05) is 33.3 Å². The van der Waals surface area contributed by atoms with Gasteiger partial charge in [-0.15, -0.1) is 11.3 Å². The highest BCUT2D eigenvalue weighted by molar-refractivity contribution is 7.89. The summed E-state index contributed by atoms with van der Waals surface area (Å²) in [5.41, 5.74) is 0. The fraction of sp³-hybridized carbons (Fsp3) is 0.667. The zero-order valence-electron chi connectivity index (χ0n) is 13.2. The third kappa shape index (κ3) is 3.31. The van der Waals surface area contributed by atoms with E-state index in [4.69, 9.17) is 4.74 Å². The molecule has 1 aromatic heterocycles. The third-order valence-corrected chi connectivity index (χ3v) is 7.66. The van der Waals surface area contributed by atoms with Gasteiger partial charge in [0.05, 0.1) is 7.11 Å². The van der Waals surface area contributed by atoms with Crippen molar-refractivity contribution in [1.29, 1.82) is 0 Å². The summed E-state index contributed by atoms with van der Waals surface area (Å²) in [5.74, 6) is -0.593. The normalized spacial score (nSPS) is 21.6. The van der Waals surface area contributed by atoms with Gasteiger partial charge in [0.2, 0.25) is 10.0 Å². The third-order valence-electron chi connectivity index (χ3n) is 4.70. The van der Waals surface area contributed by atoms with Crippen molar-refractivity contribution in [2.24, 2.45) is 0 Å². The lowest BCUT2D eigenvalue weighted by molar-refractivity contribution is 0.0602. The summed E-state index contributed by atoms with van der Waals surface area (Å²) in [6.07, 6.45) is 4.56. The van der Waals surface area contributed by atoms with Crippen LogP contribution in [0.4, 0.5) is 0 Å². The van der Waals surface area contributed by atoms with Gasteiger partial charge in [0, 0.05) is 25.7 Å². The Balaban J connectivity index is 1.77. The van der Waals surface area contributed by atoms with Crippen molar-refractivity contribution in [3.05, 3.63) is 16.3 Å². The van der Waals surface area contributed by atoms with Gasteiger partial charge >= 0.3 is 5.97 Å². The van der Waals surface area contributed by atoms with Gasteiger partial charge < -0.3 is 4.74 Å². The first kappa shape index (κ1) is 16.9. The molecule has 23 heavy (non-hydrogen) atoms. The molecular weight excluding hydrogens is 336 g/mol. The molecule has 0 atom stereocenters. The summed E-state index contributed by atoms with van der Waals surface area (Å²) in [7, 11) is -2.38. The van der Waals surface area contributed by atoms with E-state index in [1.54, 1.807) is 5.38 Å².